The second-order valence-corrected chi connectivity index (χ2v) is 5.49. The highest BCUT2D eigenvalue weighted by atomic mass is 16.1. The lowest BCUT2D eigenvalue weighted by Crippen LogP contribution is -2.22. The molecule has 0 unspecified atom stereocenters. The van der Waals surface area contributed by atoms with E-state index in [4.69, 9.17) is 5.73 Å². The molecule has 0 heterocycles. The minimum Gasteiger partial charge on any atom is -0.399 e. The number of carbonyl (C=O) groups excluding carboxylic acids is 1. The van der Waals surface area contributed by atoms with E-state index in [0.717, 1.165) is 12.2 Å². The molecule has 0 saturated heterocycles. The molecule has 4 heteroatoms. The van der Waals surface area contributed by atoms with Gasteiger partial charge in [-0.25, -0.2) is 0 Å². The third-order valence-corrected chi connectivity index (χ3v) is 3.91. The first kappa shape index (κ1) is 13.7. The quantitative estimate of drug-likeness (QED) is 0.690. The third kappa shape index (κ3) is 3.19. The Hall–Kier alpha value is -1.71. The van der Waals surface area contributed by atoms with E-state index < -0.39 is 0 Å². The molecule has 0 spiro atoms. The van der Waals surface area contributed by atoms with Gasteiger partial charge in [0.1, 0.15) is 0 Å². The van der Waals surface area contributed by atoms with Crippen LogP contribution in [0.2, 0.25) is 0 Å². The van der Waals surface area contributed by atoms with Crippen molar-refractivity contribution in [2.75, 3.05) is 24.6 Å². The lowest BCUT2D eigenvalue weighted by atomic mass is 10.0. The highest BCUT2D eigenvalue weighted by Gasteiger charge is 2.41. The van der Waals surface area contributed by atoms with Crippen molar-refractivity contribution in [1.82, 2.24) is 5.32 Å². The van der Waals surface area contributed by atoms with Crippen molar-refractivity contribution in [2.24, 2.45) is 5.41 Å². The van der Waals surface area contributed by atoms with E-state index in [1.807, 2.05) is 6.07 Å². The van der Waals surface area contributed by atoms with Gasteiger partial charge in [-0.2, -0.15) is 0 Å². The highest BCUT2D eigenvalue weighted by molar-refractivity contribution is 6.00. The summed E-state index contributed by atoms with van der Waals surface area (Å²) in [6, 6.07) is 5.37. The number of benzene rings is 1. The van der Waals surface area contributed by atoms with E-state index >= 15 is 0 Å². The van der Waals surface area contributed by atoms with E-state index in [9.17, 15) is 4.79 Å². The molecule has 0 bridgehead atoms. The minimum absolute atomic E-state index is 0.0807. The van der Waals surface area contributed by atoms with E-state index in [0.29, 0.717) is 16.7 Å². The van der Waals surface area contributed by atoms with Crippen LogP contribution in [0.25, 0.3) is 0 Å². The van der Waals surface area contributed by atoms with Gasteiger partial charge in [0, 0.05) is 25.0 Å². The van der Waals surface area contributed by atoms with Crippen LogP contribution in [-0.4, -0.2) is 19.5 Å². The molecule has 0 aromatic heterocycles. The number of nitrogens with two attached hydrogens (primary N) is 1. The Kier molecular flexibility index (Phi) is 3.98. The molecule has 104 valence electrons. The van der Waals surface area contributed by atoms with Gasteiger partial charge in [0.25, 0.3) is 5.91 Å². The molecule has 4 nitrogen and oxygen atoms in total. The van der Waals surface area contributed by atoms with Crippen LogP contribution in [0.5, 0.6) is 0 Å². The smallest absolute Gasteiger partial charge is 0.253 e. The van der Waals surface area contributed by atoms with Crippen LogP contribution in [0.4, 0.5) is 11.4 Å². The molecular formula is C15H23N3O. The number of nitrogen functional groups attached to an aromatic ring is 1. The van der Waals surface area contributed by atoms with Crippen LogP contribution in [-0.2, 0) is 0 Å². The first-order chi connectivity index (χ1) is 9.10. The summed E-state index contributed by atoms with van der Waals surface area (Å²) in [5.41, 5.74) is 8.42. The van der Waals surface area contributed by atoms with Crippen molar-refractivity contribution >= 4 is 17.3 Å². The van der Waals surface area contributed by atoms with Crippen molar-refractivity contribution in [3.8, 4) is 0 Å². The van der Waals surface area contributed by atoms with Crippen LogP contribution < -0.4 is 16.4 Å². The Morgan fingerprint density at radius 1 is 1.42 bits per heavy atom. The zero-order valence-electron chi connectivity index (χ0n) is 11.8. The normalized spacial score (nSPS) is 15.9. The zero-order chi connectivity index (χ0) is 13.9. The van der Waals surface area contributed by atoms with E-state index in [1.165, 1.54) is 25.7 Å². The zero-order valence-corrected chi connectivity index (χ0v) is 11.8. The largest absolute Gasteiger partial charge is 0.399 e. The Labute approximate surface area is 114 Å². The SMILES string of the molecule is CCCC1(CNc2cc(N)ccc2C(=O)NC)CC1. The summed E-state index contributed by atoms with van der Waals surface area (Å²) in [5, 5.41) is 6.08. The maximum Gasteiger partial charge on any atom is 0.253 e. The van der Waals surface area contributed by atoms with Gasteiger partial charge in [0.15, 0.2) is 0 Å². The Morgan fingerprint density at radius 3 is 2.74 bits per heavy atom. The van der Waals surface area contributed by atoms with Gasteiger partial charge in [-0.3, -0.25) is 4.79 Å². The van der Waals surface area contributed by atoms with Crippen molar-refractivity contribution in [2.45, 2.75) is 32.6 Å². The predicted octanol–water partition coefficient (Wildman–Crippen LogP) is 2.62. The summed E-state index contributed by atoms with van der Waals surface area (Å²) in [4.78, 5) is 11.8. The van der Waals surface area contributed by atoms with Crippen LogP contribution in [0.1, 0.15) is 43.0 Å². The van der Waals surface area contributed by atoms with Gasteiger partial charge in [-0.05, 0) is 42.9 Å². The average molecular weight is 261 g/mol. The molecule has 1 fully saturated rings. The number of rotatable bonds is 6. The summed E-state index contributed by atoms with van der Waals surface area (Å²) in [6.07, 6.45) is 5.02. The summed E-state index contributed by atoms with van der Waals surface area (Å²) < 4.78 is 0. The topological polar surface area (TPSA) is 67.1 Å². The second kappa shape index (κ2) is 5.51. The first-order valence-electron chi connectivity index (χ1n) is 6.96. The molecule has 1 aliphatic rings. The van der Waals surface area contributed by atoms with Gasteiger partial charge < -0.3 is 16.4 Å². The lowest BCUT2D eigenvalue weighted by Gasteiger charge is -2.18. The standard InChI is InChI=1S/C15H23N3O/c1-3-6-15(7-8-15)10-18-13-9-11(16)4-5-12(13)14(19)17-2/h4-5,9,18H,3,6-8,10,16H2,1-2H3,(H,17,19). The molecule has 2 rings (SSSR count). The number of nitrogens with one attached hydrogen (secondary N) is 2. The summed E-state index contributed by atoms with van der Waals surface area (Å²) in [7, 11) is 1.64. The van der Waals surface area contributed by atoms with Gasteiger partial charge >= 0.3 is 0 Å². The lowest BCUT2D eigenvalue weighted by molar-refractivity contribution is 0.0964. The third-order valence-electron chi connectivity index (χ3n) is 3.91. The predicted molar refractivity (Wildman–Crippen MR) is 79.3 cm³/mol. The number of carbonyl (C=O) groups is 1. The summed E-state index contributed by atoms with van der Waals surface area (Å²) >= 11 is 0. The number of amides is 1. The van der Waals surface area contributed by atoms with Crippen molar-refractivity contribution in [3.05, 3.63) is 23.8 Å². The van der Waals surface area contributed by atoms with E-state index in [1.54, 1.807) is 19.2 Å². The van der Waals surface area contributed by atoms with Crippen molar-refractivity contribution in [3.63, 3.8) is 0 Å². The monoisotopic (exact) mass is 261 g/mol. The number of anilines is 2. The van der Waals surface area contributed by atoms with Crippen LogP contribution >= 0.6 is 0 Å². The highest BCUT2D eigenvalue weighted by Crippen LogP contribution is 2.49. The molecule has 0 radical (unpaired) electrons. The molecule has 1 aliphatic carbocycles. The van der Waals surface area contributed by atoms with Crippen molar-refractivity contribution in [1.29, 1.82) is 0 Å². The molecule has 1 aromatic carbocycles. The molecule has 0 atom stereocenters. The van der Waals surface area contributed by atoms with Crippen LogP contribution in [0, 0.1) is 5.41 Å². The molecule has 1 amide bonds. The van der Waals surface area contributed by atoms with E-state index in [2.05, 4.69) is 17.6 Å². The maximum absolute atomic E-state index is 11.8. The van der Waals surface area contributed by atoms with E-state index in [-0.39, 0.29) is 5.91 Å². The molecule has 0 aliphatic heterocycles. The van der Waals surface area contributed by atoms with Crippen LogP contribution in [0.3, 0.4) is 0 Å². The van der Waals surface area contributed by atoms with Gasteiger partial charge in [0.2, 0.25) is 0 Å². The Bertz CT molecular complexity index is 466. The first-order valence-corrected chi connectivity index (χ1v) is 6.96. The molecule has 1 aromatic rings. The summed E-state index contributed by atoms with van der Waals surface area (Å²) in [6.45, 7) is 3.14. The number of hydrogen-bond acceptors (Lipinski definition) is 3. The molecular weight excluding hydrogens is 238 g/mol. The fourth-order valence-corrected chi connectivity index (χ4v) is 2.55. The fraction of sp³-hybridized carbons (Fsp3) is 0.533. The Morgan fingerprint density at radius 2 is 2.16 bits per heavy atom. The molecule has 4 N–H and O–H groups in total. The van der Waals surface area contributed by atoms with Gasteiger partial charge in [0.05, 0.1) is 5.56 Å². The van der Waals surface area contributed by atoms with Crippen LogP contribution in [0.15, 0.2) is 18.2 Å². The van der Waals surface area contributed by atoms with Crippen molar-refractivity contribution < 1.29 is 4.79 Å². The van der Waals surface area contributed by atoms with Gasteiger partial charge in [-0.1, -0.05) is 13.3 Å². The summed E-state index contributed by atoms with van der Waals surface area (Å²) in [5.74, 6) is -0.0807. The number of hydrogen-bond donors (Lipinski definition) is 3. The van der Waals surface area contributed by atoms with Gasteiger partial charge in [-0.15, -0.1) is 0 Å². The molecule has 1 saturated carbocycles. The average Bonchev–Trinajstić information content (AvgIpc) is 3.16. The minimum atomic E-state index is -0.0807. The maximum atomic E-state index is 11.8. The molecule has 19 heavy (non-hydrogen) atoms. The Balaban J connectivity index is 2.10. The second-order valence-electron chi connectivity index (χ2n) is 5.49. The fourth-order valence-electron chi connectivity index (χ4n) is 2.55.